The van der Waals surface area contributed by atoms with Crippen molar-refractivity contribution in [1.82, 2.24) is 0 Å². The minimum Gasteiger partial charge on any atom is -0.375 e. The van der Waals surface area contributed by atoms with Crippen LogP contribution >= 0.6 is 0 Å². The maximum Gasteiger partial charge on any atom is 0.0944 e. The summed E-state index contributed by atoms with van der Waals surface area (Å²) in [4.78, 5) is 2.74. The summed E-state index contributed by atoms with van der Waals surface area (Å²) in [6, 6.07) is -0.104. The Hall–Kier alpha value is -0.770. The third kappa shape index (κ3) is 1.07. The predicted octanol–water partition coefficient (Wildman–Crippen LogP) is 0.853. The first kappa shape index (κ1) is 6.91. The van der Waals surface area contributed by atoms with Gasteiger partial charge in [-0.2, -0.15) is 0 Å². The monoisotopic (exact) mass is 155 g/mol. The molecular weight excluding hydrogens is 146 g/mol. The van der Waals surface area contributed by atoms with E-state index in [0.717, 1.165) is 13.0 Å². The zero-order chi connectivity index (χ0) is 7.68. The van der Waals surface area contributed by atoms with Gasteiger partial charge in [-0.15, -0.1) is 0 Å². The summed E-state index contributed by atoms with van der Waals surface area (Å²) in [5.74, 6) is 0. The van der Waals surface area contributed by atoms with E-state index in [9.17, 15) is 0 Å². The van der Waals surface area contributed by atoms with Crippen LogP contribution in [0.3, 0.4) is 0 Å². The van der Waals surface area contributed by atoms with Crippen LogP contribution in [0.4, 0.5) is 0 Å². The van der Waals surface area contributed by atoms with Crippen molar-refractivity contribution < 1.29 is 9.47 Å². The zero-order valence-corrected chi connectivity index (χ0v) is 6.01. The van der Waals surface area contributed by atoms with Gasteiger partial charge in [0.25, 0.3) is 0 Å². The number of ether oxygens (including phenoxy) is 2. The molecule has 2 heterocycles. The Labute approximate surface area is 63.9 Å². The largest absolute Gasteiger partial charge is 0.375 e. The van der Waals surface area contributed by atoms with Crippen molar-refractivity contribution in [2.45, 2.75) is 24.7 Å². The first-order valence-electron chi connectivity index (χ1n) is 3.69. The average Bonchev–Trinajstić information content (AvgIpc) is 2.53. The molecule has 0 radical (unpaired) electrons. The molecule has 0 spiro atoms. The Morgan fingerprint density at radius 3 is 3.18 bits per heavy atom. The lowest BCUT2D eigenvalue weighted by Crippen LogP contribution is -2.25. The van der Waals surface area contributed by atoms with Crippen LogP contribution in [-0.2, 0) is 9.47 Å². The fraction of sp³-hybridized carbons (Fsp3) is 1.00. The number of nitrogens with zero attached hydrogens (tertiary/aromatic N) is 3. The molecule has 0 aliphatic carbocycles. The fourth-order valence-electron chi connectivity index (χ4n) is 1.61. The van der Waals surface area contributed by atoms with Gasteiger partial charge in [0.05, 0.1) is 24.9 Å². The van der Waals surface area contributed by atoms with Crippen molar-refractivity contribution in [3.05, 3.63) is 10.4 Å². The molecule has 5 nitrogen and oxygen atoms in total. The number of fused-ring (bicyclic) bond motifs is 1. The maximum absolute atomic E-state index is 8.19. The summed E-state index contributed by atoms with van der Waals surface area (Å²) in [7, 11) is 0. The van der Waals surface area contributed by atoms with E-state index in [1.165, 1.54) is 0 Å². The summed E-state index contributed by atoms with van der Waals surface area (Å²) in [5, 5.41) is 3.60. The van der Waals surface area contributed by atoms with Crippen LogP contribution in [0.5, 0.6) is 0 Å². The van der Waals surface area contributed by atoms with Crippen molar-refractivity contribution in [2.75, 3.05) is 13.2 Å². The summed E-state index contributed by atoms with van der Waals surface area (Å²) in [6.07, 6.45) is 1.12. The molecule has 0 bridgehead atoms. The maximum atomic E-state index is 8.19. The average molecular weight is 155 g/mol. The van der Waals surface area contributed by atoms with Crippen LogP contribution < -0.4 is 0 Å². The van der Waals surface area contributed by atoms with Crippen molar-refractivity contribution in [2.24, 2.45) is 5.11 Å². The van der Waals surface area contributed by atoms with Gasteiger partial charge in [0.2, 0.25) is 0 Å². The van der Waals surface area contributed by atoms with Gasteiger partial charge in [-0.25, -0.2) is 0 Å². The molecule has 3 atom stereocenters. The van der Waals surface area contributed by atoms with E-state index >= 15 is 0 Å². The molecule has 0 saturated carbocycles. The van der Waals surface area contributed by atoms with Gasteiger partial charge < -0.3 is 9.47 Å². The number of rotatable bonds is 1. The minimum atomic E-state index is -0.104. The second-order valence-electron chi connectivity index (χ2n) is 2.77. The van der Waals surface area contributed by atoms with Crippen LogP contribution in [0.2, 0.25) is 0 Å². The predicted molar refractivity (Wildman–Crippen MR) is 37.0 cm³/mol. The summed E-state index contributed by atoms with van der Waals surface area (Å²) in [5.41, 5.74) is 8.19. The molecule has 0 N–H and O–H groups in total. The van der Waals surface area contributed by atoms with E-state index in [1.54, 1.807) is 0 Å². The van der Waals surface area contributed by atoms with E-state index in [1.807, 2.05) is 0 Å². The normalized spacial score (nSPS) is 41.6. The lowest BCUT2D eigenvalue weighted by molar-refractivity contribution is 0.0709. The van der Waals surface area contributed by atoms with E-state index in [4.69, 9.17) is 15.0 Å². The Balaban J connectivity index is 2.08. The fourth-order valence-corrected chi connectivity index (χ4v) is 1.61. The summed E-state index contributed by atoms with van der Waals surface area (Å²) < 4.78 is 10.7. The van der Waals surface area contributed by atoms with Crippen molar-refractivity contribution in [3.8, 4) is 0 Å². The van der Waals surface area contributed by atoms with Crippen LogP contribution in [0.25, 0.3) is 10.4 Å². The first-order valence-corrected chi connectivity index (χ1v) is 3.69. The quantitative estimate of drug-likeness (QED) is 0.320. The Morgan fingerprint density at radius 2 is 2.36 bits per heavy atom. The highest BCUT2D eigenvalue weighted by atomic mass is 16.6. The van der Waals surface area contributed by atoms with Gasteiger partial charge in [-0.3, -0.25) is 0 Å². The highest BCUT2D eigenvalue weighted by Gasteiger charge is 2.41. The highest BCUT2D eigenvalue weighted by Crippen LogP contribution is 2.28. The van der Waals surface area contributed by atoms with E-state index in [0.29, 0.717) is 6.61 Å². The van der Waals surface area contributed by atoms with E-state index in [2.05, 4.69) is 10.0 Å². The second kappa shape index (κ2) is 2.70. The third-order valence-electron chi connectivity index (χ3n) is 2.14. The van der Waals surface area contributed by atoms with Crippen LogP contribution in [0.1, 0.15) is 6.42 Å². The van der Waals surface area contributed by atoms with Crippen molar-refractivity contribution in [1.29, 1.82) is 0 Å². The molecule has 2 fully saturated rings. The van der Waals surface area contributed by atoms with Gasteiger partial charge in [-0.1, -0.05) is 5.11 Å². The smallest absolute Gasteiger partial charge is 0.0944 e. The number of azide groups is 1. The van der Waals surface area contributed by atoms with Crippen LogP contribution in [-0.4, -0.2) is 31.5 Å². The SMILES string of the molecule is [N-]=[N+]=N[C@H]1COC2CCOC21. The molecule has 11 heavy (non-hydrogen) atoms. The standard InChI is InChI=1S/C6H9N3O2/c7-9-8-4-3-11-5-1-2-10-6(4)5/h4-6H,1-3H2/t4-,5?,6?/m0/s1. The third-order valence-corrected chi connectivity index (χ3v) is 2.14. The molecule has 2 rings (SSSR count). The zero-order valence-electron chi connectivity index (χ0n) is 6.01. The molecule has 0 aromatic carbocycles. The lowest BCUT2D eigenvalue weighted by atomic mass is 10.1. The molecule has 2 saturated heterocycles. The van der Waals surface area contributed by atoms with Gasteiger partial charge in [0, 0.05) is 11.5 Å². The molecule has 2 aliphatic heterocycles. The molecular formula is C6H9N3O2. The Morgan fingerprint density at radius 1 is 1.45 bits per heavy atom. The van der Waals surface area contributed by atoms with E-state index < -0.39 is 0 Å². The molecule has 0 amide bonds. The number of hydrogen-bond acceptors (Lipinski definition) is 3. The van der Waals surface area contributed by atoms with Crippen LogP contribution in [0, 0.1) is 0 Å². The topological polar surface area (TPSA) is 67.2 Å². The molecule has 2 unspecified atom stereocenters. The van der Waals surface area contributed by atoms with Gasteiger partial charge >= 0.3 is 0 Å². The highest BCUT2D eigenvalue weighted by molar-refractivity contribution is 4.93. The minimum absolute atomic E-state index is 0.0194. The first-order chi connectivity index (χ1) is 5.42. The second-order valence-corrected chi connectivity index (χ2v) is 2.77. The van der Waals surface area contributed by atoms with Gasteiger partial charge in [0.1, 0.15) is 0 Å². The molecule has 2 aliphatic rings. The summed E-state index contributed by atoms with van der Waals surface area (Å²) in [6.45, 7) is 1.24. The van der Waals surface area contributed by atoms with Crippen molar-refractivity contribution >= 4 is 0 Å². The molecule has 60 valence electrons. The lowest BCUT2D eigenvalue weighted by Gasteiger charge is -2.08. The Bertz CT molecular complexity index is 202. The molecule has 0 aromatic rings. The van der Waals surface area contributed by atoms with Gasteiger partial charge in [0.15, 0.2) is 0 Å². The van der Waals surface area contributed by atoms with Crippen molar-refractivity contribution in [3.63, 3.8) is 0 Å². The summed E-state index contributed by atoms with van der Waals surface area (Å²) >= 11 is 0. The molecule has 5 heteroatoms. The van der Waals surface area contributed by atoms with Crippen LogP contribution in [0.15, 0.2) is 5.11 Å². The Kier molecular flexibility index (Phi) is 1.69. The number of hydrogen-bond donors (Lipinski definition) is 0. The van der Waals surface area contributed by atoms with Gasteiger partial charge in [-0.05, 0) is 12.0 Å². The van der Waals surface area contributed by atoms with E-state index in [-0.39, 0.29) is 18.2 Å². The molecule has 0 aromatic heterocycles.